The van der Waals surface area contributed by atoms with Crippen LogP contribution in [-0.4, -0.2) is 62.6 Å². The van der Waals surface area contributed by atoms with Crippen LogP contribution in [0.4, 0.5) is 5.69 Å². The second kappa shape index (κ2) is 7.47. The summed E-state index contributed by atoms with van der Waals surface area (Å²) in [5.41, 5.74) is 1.71. The van der Waals surface area contributed by atoms with Crippen LogP contribution in [0, 0.1) is 6.92 Å². The number of nitrogens with zero attached hydrogens (tertiary/aromatic N) is 5. The Labute approximate surface area is 145 Å². The van der Waals surface area contributed by atoms with E-state index >= 15 is 0 Å². The Bertz CT molecular complexity index is 760. The minimum atomic E-state index is -0.251. The van der Waals surface area contributed by atoms with Gasteiger partial charge in [0.05, 0.1) is 25.1 Å². The SMILES string of the molecule is CCn1ncc(NC(=O)Cn2nccc2C)c1C(=O)N1CCOCC1. The number of aromatic nitrogens is 4. The summed E-state index contributed by atoms with van der Waals surface area (Å²) in [5, 5.41) is 11.1. The first-order chi connectivity index (χ1) is 12.1. The molecule has 134 valence electrons. The lowest BCUT2D eigenvalue weighted by molar-refractivity contribution is -0.116. The maximum absolute atomic E-state index is 12.9. The number of nitrogens with one attached hydrogen (secondary N) is 1. The third-order valence-electron chi connectivity index (χ3n) is 4.14. The molecule has 1 aliphatic rings. The fourth-order valence-electron chi connectivity index (χ4n) is 2.75. The largest absolute Gasteiger partial charge is 0.378 e. The summed E-state index contributed by atoms with van der Waals surface area (Å²) in [4.78, 5) is 26.9. The van der Waals surface area contributed by atoms with E-state index in [2.05, 4.69) is 15.5 Å². The van der Waals surface area contributed by atoms with Crippen molar-refractivity contribution in [2.75, 3.05) is 31.6 Å². The molecule has 1 N–H and O–H groups in total. The quantitative estimate of drug-likeness (QED) is 0.852. The number of carbonyl (C=O) groups is 2. The summed E-state index contributed by atoms with van der Waals surface area (Å²) in [6.45, 7) is 6.52. The van der Waals surface area contributed by atoms with Gasteiger partial charge in [0.25, 0.3) is 5.91 Å². The molecule has 9 heteroatoms. The Morgan fingerprint density at radius 2 is 2.00 bits per heavy atom. The molecule has 3 heterocycles. The molecule has 2 aromatic heterocycles. The van der Waals surface area contributed by atoms with Crippen LogP contribution in [0.2, 0.25) is 0 Å². The zero-order valence-electron chi connectivity index (χ0n) is 14.4. The smallest absolute Gasteiger partial charge is 0.274 e. The molecule has 0 bridgehead atoms. The molecule has 9 nitrogen and oxygen atoms in total. The van der Waals surface area contributed by atoms with Crippen molar-refractivity contribution < 1.29 is 14.3 Å². The Morgan fingerprint density at radius 3 is 2.64 bits per heavy atom. The average Bonchev–Trinajstić information content (AvgIpc) is 3.21. The van der Waals surface area contributed by atoms with Crippen molar-refractivity contribution in [2.45, 2.75) is 26.9 Å². The van der Waals surface area contributed by atoms with E-state index in [1.807, 2.05) is 19.9 Å². The van der Waals surface area contributed by atoms with E-state index in [1.54, 1.807) is 20.5 Å². The summed E-state index contributed by atoms with van der Waals surface area (Å²) in [6.07, 6.45) is 3.16. The Balaban J connectivity index is 1.77. The van der Waals surface area contributed by atoms with Crippen molar-refractivity contribution in [2.24, 2.45) is 0 Å². The number of hydrogen-bond acceptors (Lipinski definition) is 5. The van der Waals surface area contributed by atoms with Crippen LogP contribution in [0.15, 0.2) is 18.5 Å². The maximum Gasteiger partial charge on any atom is 0.274 e. The molecule has 25 heavy (non-hydrogen) atoms. The van der Waals surface area contributed by atoms with E-state index in [1.165, 1.54) is 6.20 Å². The van der Waals surface area contributed by atoms with Crippen molar-refractivity contribution in [1.82, 2.24) is 24.5 Å². The van der Waals surface area contributed by atoms with Gasteiger partial charge in [-0.05, 0) is 19.9 Å². The van der Waals surface area contributed by atoms with Crippen molar-refractivity contribution in [3.05, 3.63) is 29.8 Å². The molecule has 3 rings (SSSR count). The van der Waals surface area contributed by atoms with Crippen LogP contribution in [0.1, 0.15) is 23.1 Å². The highest BCUT2D eigenvalue weighted by Gasteiger charge is 2.26. The minimum absolute atomic E-state index is 0.0846. The number of aryl methyl sites for hydroxylation is 2. The molecule has 0 atom stereocenters. The summed E-state index contributed by atoms with van der Waals surface area (Å²) in [7, 11) is 0. The molecule has 0 radical (unpaired) electrons. The van der Waals surface area contributed by atoms with Gasteiger partial charge in [-0.25, -0.2) is 0 Å². The van der Waals surface area contributed by atoms with Gasteiger partial charge in [-0.2, -0.15) is 10.2 Å². The zero-order valence-corrected chi connectivity index (χ0v) is 14.4. The molecule has 0 saturated carbocycles. The molecule has 1 fully saturated rings. The minimum Gasteiger partial charge on any atom is -0.378 e. The van der Waals surface area contributed by atoms with Gasteiger partial charge in [0.2, 0.25) is 5.91 Å². The summed E-state index contributed by atoms with van der Waals surface area (Å²) in [6, 6.07) is 1.83. The molecule has 0 unspecified atom stereocenters. The van der Waals surface area contributed by atoms with Gasteiger partial charge in [-0.15, -0.1) is 0 Å². The fraction of sp³-hybridized carbons (Fsp3) is 0.500. The predicted octanol–water partition coefficient (Wildman–Crippen LogP) is 0.519. The number of carbonyl (C=O) groups excluding carboxylic acids is 2. The van der Waals surface area contributed by atoms with Crippen LogP contribution in [0.5, 0.6) is 0 Å². The lowest BCUT2D eigenvalue weighted by Gasteiger charge is -2.27. The van der Waals surface area contributed by atoms with E-state index < -0.39 is 0 Å². The van der Waals surface area contributed by atoms with Crippen molar-refractivity contribution in [1.29, 1.82) is 0 Å². The van der Waals surface area contributed by atoms with Gasteiger partial charge in [0.15, 0.2) is 0 Å². The molecule has 1 aliphatic heterocycles. The van der Waals surface area contributed by atoms with Gasteiger partial charge in [0, 0.05) is 31.5 Å². The van der Waals surface area contributed by atoms with Gasteiger partial charge in [0.1, 0.15) is 12.2 Å². The van der Waals surface area contributed by atoms with Crippen molar-refractivity contribution >= 4 is 17.5 Å². The molecule has 0 aliphatic carbocycles. The van der Waals surface area contributed by atoms with E-state index in [-0.39, 0.29) is 18.4 Å². The Kier molecular flexibility index (Phi) is 5.13. The zero-order chi connectivity index (χ0) is 17.8. The lowest BCUT2D eigenvalue weighted by atomic mass is 10.2. The second-order valence-electron chi connectivity index (χ2n) is 5.81. The number of anilines is 1. The first kappa shape index (κ1) is 17.2. The number of hydrogen-bond donors (Lipinski definition) is 1. The second-order valence-corrected chi connectivity index (χ2v) is 5.81. The lowest BCUT2D eigenvalue weighted by Crippen LogP contribution is -2.41. The number of morpholine rings is 1. The monoisotopic (exact) mass is 346 g/mol. The Morgan fingerprint density at radius 1 is 1.24 bits per heavy atom. The fourth-order valence-corrected chi connectivity index (χ4v) is 2.75. The average molecular weight is 346 g/mol. The number of ether oxygens (including phenoxy) is 1. The molecule has 2 amide bonds. The molecule has 1 saturated heterocycles. The van der Waals surface area contributed by atoms with E-state index in [4.69, 9.17) is 4.74 Å². The van der Waals surface area contributed by atoms with Gasteiger partial charge < -0.3 is 15.0 Å². The van der Waals surface area contributed by atoms with E-state index in [0.29, 0.717) is 44.2 Å². The van der Waals surface area contributed by atoms with Gasteiger partial charge >= 0.3 is 0 Å². The summed E-state index contributed by atoms with van der Waals surface area (Å²) < 4.78 is 8.50. The van der Waals surface area contributed by atoms with Crippen LogP contribution < -0.4 is 5.32 Å². The maximum atomic E-state index is 12.9. The molecular weight excluding hydrogens is 324 g/mol. The van der Waals surface area contributed by atoms with Crippen LogP contribution in [-0.2, 0) is 22.6 Å². The normalized spacial score (nSPS) is 14.6. The molecule has 2 aromatic rings. The number of rotatable bonds is 5. The summed E-state index contributed by atoms with van der Waals surface area (Å²) >= 11 is 0. The highest BCUT2D eigenvalue weighted by atomic mass is 16.5. The predicted molar refractivity (Wildman–Crippen MR) is 90.2 cm³/mol. The standard InChI is InChI=1S/C16H22N6O3/c1-3-21-15(16(24)20-6-8-25-9-7-20)13(10-18-21)19-14(23)11-22-12(2)4-5-17-22/h4-5,10H,3,6-9,11H2,1-2H3,(H,19,23). The van der Waals surface area contributed by atoms with E-state index in [9.17, 15) is 9.59 Å². The van der Waals surface area contributed by atoms with Gasteiger partial charge in [-0.3, -0.25) is 19.0 Å². The van der Waals surface area contributed by atoms with Crippen molar-refractivity contribution in [3.8, 4) is 0 Å². The van der Waals surface area contributed by atoms with Crippen LogP contribution >= 0.6 is 0 Å². The van der Waals surface area contributed by atoms with E-state index in [0.717, 1.165) is 5.69 Å². The number of amides is 2. The van der Waals surface area contributed by atoms with Crippen molar-refractivity contribution in [3.63, 3.8) is 0 Å². The van der Waals surface area contributed by atoms with Crippen LogP contribution in [0.3, 0.4) is 0 Å². The van der Waals surface area contributed by atoms with Gasteiger partial charge in [-0.1, -0.05) is 0 Å². The van der Waals surface area contributed by atoms with Crippen LogP contribution in [0.25, 0.3) is 0 Å². The first-order valence-electron chi connectivity index (χ1n) is 8.31. The highest BCUT2D eigenvalue weighted by molar-refractivity contribution is 6.02. The third kappa shape index (κ3) is 3.71. The Hall–Kier alpha value is -2.68. The molecule has 0 spiro atoms. The molecule has 0 aromatic carbocycles. The third-order valence-corrected chi connectivity index (χ3v) is 4.14. The highest BCUT2D eigenvalue weighted by Crippen LogP contribution is 2.18. The summed E-state index contributed by atoms with van der Waals surface area (Å²) in [5.74, 6) is -0.397. The topological polar surface area (TPSA) is 94.3 Å². The first-order valence-corrected chi connectivity index (χ1v) is 8.31. The molecular formula is C16H22N6O3.